The molecule has 4 nitrogen and oxygen atoms in total. The standard InChI is InChI=1S/C29H27F2N3O/c30-24-7-4-19(5-8-24)14-33-15-22-17-34(18-23(22)16-33)29(35)26-13-20(6-9-27(26)31)12-21-2-1-3-28-25(21)10-11-32-28/h1-11,13,22-23,32H,12,14-18H2. The van der Waals surface area contributed by atoms with Crippen LogP contribution in [0.2, 0.25) is 0 Å². The van der Waals surface area contributed by atoms with E-state index in [1.165, 1.54) is 18.2 Å². The first-order chi connectivity index (χ1) is 17.0. The van der Waals surface area contributed by atoms with E-state index in [-0.39, 0.29) is 17.3 Å². The van der Waals surface area contributed by atoms with E-state index in [0.717, 1.165) is 47.2 Å². The summed E-state index contributed by atoms with van der Waals surface area (Å²) in [5.74, 6) is -0.134. The number of aromatic amines is 1. The first kappa shape index (κ1) is 22.0. The molecule has 0 aliphatic carbocycles. The molecule has 2 fully saturated rings. The number of fused-ring (bicyclic) bond motifs is 2. The van der Waals surface area contributed by atoms with Crippen LogP contribution in [-0.4, -0.2) is 46.9 Å². The average molecular weight is 472 g/mol. The van der Waals surface area contributed by atoms with Crippen molar-refractivity contribution >= 4 is 16.8 Å². The molecule has 1 N–H and O–H groups in total. The lowest BCUT2D eigenvalue weighted by atomic mass is 9.99. The molecule has 0 radical (unpaired) electrons. The van der Waals surface area contributed by atoms with E-state index in [1.807, 2.05) is 41.4 Å². The Morgan fingerprint density at radius 1 is 0.886 bits per heavy atom. The summed E-state index contributed by atoms with van der Waals surface area (Å²) < 4.78 is 27.9. The number of benzene rings is 3. The fraction of sp³-hybridized carbons (Fsp3) is 0.276. The van der Waals surface area contributed by atoms with Gasteiger partial charge in [0.1, 0.15) is 11.6 Å². The summed E-state index contributed by atoms with van der Waals surface area (Å²) >= 11 is 0. The van der Waals surface area contributed by atoms with Crippen molar-refractivity contribution in [2.24, 2.45) is 11.8 Å². The lowest BCUT2D eigenvalue weighted by Crippen LogP contribution is -2.33. The summed E-state index contributed by atoms with van der Waals surface area (Å²) in [6, 6.07) is 19.7. The first-order valence-corrected chi connectivity index (χ1v) is 12.1. The summed E-state index contributed by atoms with van der Waals surface area (Å²) in [5, 5.41) is 1.14. The Morgan fingerprint density at radius 3 is 2.40 bits per heavy atom. The minimum atomic E-state index is -0.464. The Kier molecular flexibility index (Phi) is 5.61. The molecule has 3 heterocycles. The smallest absolute Gasteiger partial charge is 0.256 e. The van der Waals surface area contributed by atoms with Gasteiger partial charge in [0, 0.05) is 49.8 Å². The molecule has 2 atom stereocenters. The monoisotopic (exact) mass is 471 g/mol. The molecule has 0 spiro atoms. The number of carbonyl (C=O) groups excluding carboxylic acids is 1. The number of likely N-dealkylation sites (tertiary alicyclic amines) is 2. The van der Waals surface area contributed by atoms with Crippen molar-refractivity contribution < 1.29 is 13.6 Å². The maximum Gasteiger partial charge on any atom is 0.256 e. The SMILES string of the molecule is O=C(c1cc(Cc2cccc3[nH]ccc23)ccc1F)N1CC2CN(Cc3ccc(F)cc3)CC2C1. The topological polar surface area (TPSA) is 39.3 Å². The summed E-state index contributed by atoms with van der Waals surface area (Å²) in [6.07, 6.45) is 2.55. The van der Waals surface area contributed by atoms with Crippen molar-refractivity contribution in [3.63, 3.8) is 0 Å². The highest BCUT2D eigenvalue weighted by Gasteiger charge is 2.42. The van der Waals surface area contributed by atoms with Crippen molar-refractivity contribution in [2.75, 3.05) is 26.2 Å². The Bertz CT molecular complexity index is 1370. The second-order valence-electron chi connectivity index (χ2n) is 9.90. The molecule has 3 aromatic carbocycles. The second kappa shape index (κ2) is 8.93. The largest absolute Gasteiger partial charge is 0.361 e. The molecule has 0 bridgehead atoms. The van der Waals surface area contributed by atoms with Crippen LogP contribution < -0.4 is 0 Å². The molecule has 178 valence electrons. The summed E-state index contributed by atoms with van der Waals surface area (Å²) in [5.41, 5.74) is 4.39. The van der Waals surface area contributed by atoms with Gasteiger partial charge in [0.2, 0.25) is 0 Å². The maximum atomic E-state index is 14.8. The average Bonchev–Trinajstić information content (AvgIpc) is 3.57. The molecule has 2 aliphatic heterocycles. The van der Waals surface area contributed by atoms with Crippen LogP contribution in [0.15, 0.2) is 72.9 Å². The summed E-state index contributed by atoms with van der Waals surface area (Å²) in [6.45, 7) is 3.88. The Balaban J connectivity index is 1.13. The van der Waals surface area contributed by atoms with Crippen LogP contribution in [0, 0.1) is 23.5 Å². The number of hydrogen-bond acceptors (Lipinski definition) is 2. The first-order valence-electron chi connectivity index (χ1n) is 12.1. The van der Waals surface area contributed by atoms with Gasteiger partial charge in [-0.15, -0.1) is 0 Å². The molecule has 6 heteroatoms. The van der Waals surface area contributed by atoms with Gasteiger partial charge >= 0.3 is 0 Å². The van der Waals surface area contributed by atoms with Gasteiger partial charge in [-0.1, -0.05) is 30.3 Å². The molecule has 0 saturated carbocycles. The van der Waals surface area contributed by atoms with Crippen LogP contribution in [0.4, 0.5) is 8.78 Å². The predicted octanol–water partition coefficient (Wildman–Crippen LogP) is 5.24. The third kappa shape index (κ3) is 4.34. The molecule has 2 aliphatic rings. The number of rotatable bonds is 5. The zero-order chi connectivity index (χ0) is 23.9. The number of carbonyl (C=O) groups is 1. The number of hydrogen-bond donors (Lipinski definition) is 1. The quantitative estimate of drug-likeness (QED) is 0.432. The molecular weight excluding hydrogens is 444 g/mol. The normalized spacial score (nSPS) is 20.0. The van der Waals surface area contributed by atoms with Gasteiger partial charge in [0.15, 0.2) is 0 Å². The number of aromatic nitrogens is 1. The van der Waals surface area contributed by atoms with Crippen molar-refractivity contribution in [2.45, 2.75) is 13.0 Å². The molecule has 2 saturated heterocycles. The van der Waals surface area contributed by atoms with Crippen LogP contribution in [-0.2, 0) is 13.0 Å². The van der Waals surface area contributed by atoms with Crippen molar-refractivity contribution in [1.82, 2.24) is 14.8 Å². The van der Waals surface area contributed by atoms with Crippen LogP contribution in [0.3, 0.4) is 0 Å². The van der Waals surface area contributed by atoms with E-state index in [1.54, 1.807) is 12.1 Å². The van der Waals surface area contributed by atoms with E-state index in [2.05, 4.69) is 16.0 Å². The highest BCUT2D eigenvalue weighted by atomic mass is 19.1. The summed E-state index contributed by atoms with van der Waals surface area (Å²) in [7, 11) is 0. The molecule has 35 heavy (non-hydrogen) atoms. The zero-order valence-corrected chi connectivity index (χ0v) is 19.4. The Morgan fingerprint density at radius 2 is 1.63 bits per heavy atom. The van der Waals surface area contributed by atoms with Crippen LogP contribution in [0.25, 0.3) is 10.9 Å². The summed E-state index contributed by atoms with van der Waals surface area (Å²) in [4.78, 5) is 20.7. The van der Waals surface area contributed by atoms with E-state index in [4.69, 9.17) is 0 Å². The van der Waals surface area contributed by atoms with E-state index in [0.29, 0.717) is 31.3 Å². The molecule has 2 unspecified atom stereocenters. The highest BCUT2D eigenvalue weighted by Crippen LogP contribution is 2.33. The number of amides is 1. The van der Waals surface area contributed by atoms with Gasteiger partial charge in [0.05, 0.1) is 5.56 Å². The number of nitrogens with one attached hydrogen (secondary N) is 1. The molecule has 1 amide bonds. The van der Waals surface area contributed by atoms with Crippen LogP contribution >= 0.6 is 0 Å². The van der Waals surface area contributed by atoms with Crippen LogP contribution in [0.5, 0.6) is 0 Å². The van der Waals surface area contributed by atoms with Crippen molar-refractivity contribution in [3.05, 3.63) is 107 Å². The number of nitrogens with zero attached hydrogens (tertiary/aromatic N) is 2. The van der Waals surface area contributed by atoms with Gasteiger partial charge in [-0.3, -0.25) is 9.69 Å². The maximum absolute atomic E-state index is 14.8. The molecule has 1 aromatic heterocycles. The van der Waals surface area contributed by atoms with Gasteiger partial charge in [-0.05, 0) is 71.3 Å². The predicted molar refractivity (Wildman–Crippen MR) is 132 cm³/mol. The number of H-pyrrole nitrogens is 1. The third-order valence-electron chi connectivity index (χ3n) is 7.51. The van der Waals surface area contributed by atoms with E-state index in [9.17, 15) is 13.6 Å². The minimum absolute atomic E-state index is 0.159. The molecule has 6 rings (SSSR count). The fourth-order valence-electron chi connectivity index (χ4n) is 5.77. The minimum Gasteiger partial charge on any atom is -0.361 e. The lowest BCUT2D eigenvalue weighted by molar-refractivity contribution is 0.0768. The van der Waals surface area contributed by atoms with Gasteiger partial charge < -0.3 is 9.88 Å². The van der Waals surface area contributed by atoms with Gasteiger partial charge in [0.25, 0.3) is 5.91 Å². The lowest BCUT2D eigenvalue weighted by Gasteiger charge is -2.22. The van der Waals surface area contributed by atoms with E-state index >= 15 is 0 Å². The Labute approximate surface area is 203 Å². The van der Waals surface area contributed by atoms with Gasteiger partial charge in [-0.25, -0.2) is 8.78 Å². The van der Waals surface area contributed by atoms with Crippen LogP contribution in [0.1, 0.15) is 27.0 Å². The Hall–Kier alpha value is -3.51. The number of halogens is 2. The zero-order valence-electron chi connectivity index (χ0n) is 19.4. The van der Waals surface area contributed by atoms with E-state index < -0.39 is 5.82 Å². The van der Waals surface area contributed by atoms with Crippen molar-refractivity contribution in [1.29, 1.82) is 0 Å². The second-order valence-corrected chi connectivity index (χ2v) is 9.90. The fourth-order valence-corrected chi connectivity index (χ4v) is 5.77. The molecular formula is C29H27F2N3O. The highest BCUT2D eigenvalue weighted by molar-refractivity contribution is 5.95. The molecule has 4 aromatic rings. The third-order valence-corrected chi connectivity index (χ3v) is 7.51. The van der Waals surface area contributed by atoms with Crippen molar-refractivity contribution in [3.8, 4) is 0 Å². The van der Waals surface area contributed by atoms with Gasteiger partial charge in [-0.2, -0.15) is 0 Å².